The van der Waals surface area contributed by atoms with Crippen LogP contribution in [0.3, 0.4) is 0 Å². The van der Waals surface area contributed by atoms with E-state index in [1.54, 1.807) is 0 Å². The zero-order valence-electron chi connectivity index (χ0n) is 5.70. The van der Waals surface area contributed by atoms with Crippen LogP contribution >= 0.6 is 0 Å². The van der Waals surface area contributed by atoms with Crippen LogP contribution in [0.1, 0.15) is 19.3 Å². The van der Waals surface area contributed by atoms with Crippen LogP contribution in [0.2, 0.25) is 0 Å². The molecule has 56 valence electrons. The molecule has 0 aromatic heterocycles. The highest BCUT2D eigenvalue weighted by Gasteiger charge is 2.26. The predicted octanol–water partition coefficient (Wildman–Crippen LogP) is 0.0319. The molecular formula is C7H11NO2. The van der Waals surface area contributed by atoms with Crippen molar-refractivity contribution in [1.29, 1.82) is 5.26 Å². The Hall–Kier alpha value is -0.590. The summed E-state index contributed by atoms with van der Waals surface area (Å²) in [5.74, 6) is -0.0570. The molecule has 0 aromatic rings. The molecule has 0 aliphatic heterocycles. The Kier molecular flexibility index (Phi) is 2.25. The summed E-state index contributed by atoms with van der Waals surface area (Å²) in [6, 6.07) is 2.08. The van der Waals surface area contributed by atoms with Gasteiger partial charge in [0, 0.05) is 5.92 Å². The first-order valence-electron chi connectivity index (χ1n) is 3.50. The first kappa shape index (κ1) is 7.52. The second-order valence-electron chi connectivity index (χ2n) is 2.77. The van der Waals surface area contributed by atoms with Crippen LogP contribution in [-0.2, 0) is 0 Å². The fourth-order valence-electron chi connectivity index (χ4n) is 1.25. The van der Waals surface area contributed by atoms with Crippen LogP contribution in [0.25, 0.3) is 0 Å². The number of aliphatic hydroxyl groups is 2. The van der Waals surface area contributed by atoms with Crippen molar-refractivity contribution in [2.75, 3.05) is 0 Å². The van der Waals surface area contributed by atoms with Crippen molar-refractivity contribution >= 4 is 0 Å². The van der Waals surface area contributed by atoms with Gasteiger partial charge < -0.3 is 10.2 Å². The van der Waals surface area contributed by atoms with E-state index in [0.717, 1.165) is 0 Å². The molecule has 0 saturated heterocycles. The van der Waals surface area contributed by atoms with Crippen molar-refractivity contribution < 1.29 is 10.2 Å². The van der Waals surface area contributed by atoms with Crippen molar-refractivity contribution in [3.05, 3.63) is 0 Å². The fraction of sp³-hybridized carbons (Fsp3) is 0.857. The van der Waals surface area contributed by atoms with Crippen LogP contribution < -0.4 is 0 Å². The highest BCUT2D eigenvalue weighted by Crippen LogP contribution is 2.23. The standard InChI is InChI=1S/C7H11NO2/c8-4-5-1-2-6(9)7(10)3-5/h5-7,9-10H,1-3H2/t5-,6+,7-/m1/s1. The molecule has 3 atom stereocenters. The first-order chi connectivity index (χ1) is 4.74. The van der Waals surface area contributed by atoms with E-state index >= 15 is 0 Å². The summed E-state index contributed by atoms with van der Waals surface area (Å²) in [5, 5.41) is 26.6. The molecule has 2 N–H and O–H groups in total. The Bertz CT molecular complexity index is 152. The number of hydrogen-bond acceptors (Lipinski definition) is 3. The Morgan fingerprint density at radius 3 is 2.40 bits per heavy atom. The quantitative estimate of drug-likeness (QED) is 0.500. The Morgan fingerprint density at radius 2 is 1.90 bits per heavy atom. The molecule has 0 bridgehead atoms. The molecule has 1 aliphatic rings. The van der Waals surface area contributed by atoms with Gasteiger partial charge in [-0.1, -0.05) is 0 Å². The van der Waals surface area contributed by atoms with Crippen molar-refractivity contribution in [3.63, 3.8) is 0 Å². The van der Waals surface area contributed by atoms with Gasteiger partial charge in [-0.3, -0.25) is 0 Å². The summed E-state index contributed by atoms with van der Waals surface area (Å²) in [6.07, 6.45) is 0.411. The topological polar surface area (TPSA) is 64.2 Å². The molecule has 0 heterocycles. The highest BCUT2D eigenvalue weighted by molar-refractivity contribution is 4.90. The first-order valence-corrected chi connectivity index (χ1v) is 3.50. The minimum atomic E-state index is -0.682. The maximum absolute atomic E-state index is 9.08. The van der Waals surface area contributed by atoms with Crippen LogP contribution in [0, 0.1) is 17.2 Å². The SMILES string of the molecule is N#C[C@@H]1CC[C@H](O)[C@H](O)C1. The summed E-state index contributed by atoms with van der Waals surface area (Å²) < 4.78 is 0. The molecule has 0 unspecified atom stereocenters. The third-order valence-electron chi connectivity index (χ3n) is 1.96. The van der Waals surface area contributed by atoms with E-state index in [4.69, 9.17) is 15.5 Å². The second-order valence-corrected chi connectivity index (χ2v) is 2.77. The van der Waals surface area contributed by atoms with Crippen LogP contribution in [-0.4, -0.2) is 22.4 Å². The second kappa shape index (κ2) is 3.00. The van der Waals surface area contributed by atoms with E-state index in [1.165, 1.54) is 0 Å². The molecule has 1 aliphatic carbocycles. The molecule has 0 amide bonds. The van der Waals surface area contributed by atoms with Crippen molar-refractivity contribution in [3.8, 4) is 6.07 Å². The summed E-state index contributed by atoms with van der Waals surface area (Å²) in [6.45, 7) is 0. The van der Waals surface area contributed by atoms with Gasteiger partial charge in [-0.15, -0.1) is 0 Å². The molecule has 0 radical (unpaired) electrons. The van der Waals surface area contributed by atoms with Gasteiger partial charge in [-0.05, 0) is 19.3 Å². The van der Waals surface area contributed by atoms with Crippen molar-refractivity contribution in [2.45, 2.75) is 31.5 Å². The van der Waals surface area contributed by atoms with Gasteiger partial charge >= 0.3 is 0 Å². The smallest absolute Gasteiger partial charge is 0.0811 e. The zero-order chi connectivity index (χ0) is 7.56. The summed E-state index contributed by atoms with van der Waals surface area (Å²) in [5.41, 5.74) is 0. The molecule has 1 saturated carbocycles. The van der Waals surface area contributed by atoms with E-state index in [0.29, 0.717) is 19.3 Å². The Morgan fingerprint density at radius 1 is 1.20 bits per heavy atom. The average molecular weight is 141 g/mol. The van der Waals surface area contributed by atoms with Crippen molar-refractivity contribution in [2.24, 2.45) is 5.92 Å². The average Bonchev–Trinajstić information content (AvgIpc) is 1.95. The van der Waals surface area contributed by atoms with Crippen LogP contribution in [0.15, 0.2) is 0 Å². The van der Waals surface area contributed by atoms with Gasteiger partial charge in [0.25, 0.3) is 0 Å². The predicted molar refractivity (Wildman–Crippen MR) is 35.0 cm³/mol. The third kappa shape index (κ3) is 1.47. The Labute approximate surface area is 59.9 Å². The van der Waals surface area contributed by atoms with Gasteiger partial charge in [0.2, 0.25) is 0 Å². The third-order valence-corrected chi connectivity index (χ3v) is 1.96. The molecule has 0 aromatic carbocycles. The minimum absolute atomic E-state index is 0.0570. The van der Waals surface area contributed by atoms with E-state index in [2.05, 4.69) is 6.07 Å². The number of nitrogens with zero attached hydrogens (tertiary/aromatic N) is 1. The summed E-state index contributed by atoms with van der Waals surface area (Å²) in [4.78, 5) is 0. The lowest BCUT2D eigenvalue weighted by Crippen LogP contribution is -2.32. The van der Waals surface area contributed by atoms with E-state index in [1.807, 2.05) is 0 Å². The van der Waals surface area contributed by atoms with E-state index < -0.39 is 12.2 Å². The number of nitriles is 1. The number of rotatable bonds is 0. The summed E-state index contributed by atoms with van der Waals surface area (Å²) in [7, 11) is 0. The van der Waals surface area contributed by atoms with E-state index in [9.17, 15) is 0 Å². The maximum Gasteiger partial charge on any atom is 0.0811 e. The van der Waals surface area contributed by atoms with Crippen LogP contribution in [0.4, 0.5) is 0 Å². The van der Waals surface area contributed by atoms with Gasteiger partial charge in [-0.25, -0.2) is 0 Å². The van der Waals surface area contributed by atoms with E-state index in [-0.39, 0.29) is 5.92 Å². The normalized spacial score (nSPS) is 40.7. The molecule has 3 nitrogen and oxygen atoms in total. The number of aliphatic hydroxyl groups excluding tert-OH is 2. The van der Waals surface area contributed by atoms with Gasteiger partial charge in [0.1, 0.15) is 0 Å². The molecule has 3 heteroatoms. The lowest BCUT2D eigenvalue weighted by atomic mass is 9.86. The fourth-order valence-corrected chi connectivity index (χ4v) is 1.25. The highest BCUT2D eigenvalue weighted by atomic mass is 16.3. The van der Waals surface area contributed by atoms with Crippen molar-refractivity contribution in [1.82, 2.24) is 0 Å². The van der Waals surface area contributed by atoms with Gasteiger partial charge in [0.05, 0.1) is 18.3 Å². The van der Waals surface area contributed by atoms with Gasteiger partial charge in [0.15, 0.2) is 0 Å². The molecule has 1 rings (SSSR count). The molecular weight excluding hydrogens is 130 g/mol. The lowest BCUT2D eigenvalue weighted by Gasteiger charge is -2.25. The van der Waals surface area contributed by atoms with Gasteiger partial charge in [-0.2, -0.15) is 5.26 Å². The minimum Gasteiger partial charge on any atom is -0.390 e. The molecule has 1 fully saturated rings. The maximum atomic E-state index is 9.08. The lowest BCUT2D eigenvalue weighted by molar-refractivity contribution is -0.0179. The zero-order valence-corrected chi connectivity index (χ0v) is 5.70. The molecule has 10 heavy (non-hydrogen) atoms. The largest absolute Gasteiger partial charge is 0.390 e. The monoisotopic (exact) mass is 141 g/mol. The number of hydrogen-bond donors (Lipinski definition) is 2. The molecule has 0 spiro atoms. The van der Waals surface area contributed by atoms with Crippen LogP contribution in [0.5, 0.6) is 0 Å². The summed E-state index contributed by atoms with van der Waals surface area (Å²) >= 11 is 0. The Balaban J connectivity index is 2.42.